The van der Waals surface area contributed by atoms with Crippen molar-refractivity contribution < 1.29 is 14.7 Å². The number of aromatic nitrogens is 1. The maximum absolute atomic E-state index is 13.0. The summed E-state index contributed by atoms with van der Waals surface area (Å²) in [6, 6.07) is 13.2. The first kappa shape index (κ1) is 16.7. The van der Waals surface area contributed by atoms with Crippen LogP contribution in [0.3, 0.4) is 0 Å². The average Bonchev–Trinajstić information content (AvgIpc) is 3.17. The molecule has 1 atom stereocenters. The van der Waals surface area contributed by atoms with Crippen LogP contribution in [-0.4, -0.2) is 21.6 Å². The number of carbonyl (C=O) groups is 2. The number of hydrogen-bond donors (Lipinski definition) is 1. The second kappa shape index (κ2) is 6.18. The number of amides is 1. The maximum atomic E-state index is 13.0. The van der Waals surface area contributed by atoms with Crippen LogP contribution in [0.1, 0.15) is 22.8 Å². The van der Waals surface area contributed by atoms with Crippen molar-refractivity contribution >= 4 is 40.1 Å². The summed E-state index contributed by atoms with van der Waals surface area (Å²) in [4.78, 5) is 25.9. The molecule has 0 saturated heterocycles. The van der Waals surface area contributed by atoms with Crippen LogP contribution in [0.5, 0.6) is 0 Å². The van der Waals surface area contributed by atoms with E-state index < -0.39 is 11.9 Å². The molecule has 1 amide bonds. The lowest BCUT2D eigenvalue weighted by atomic mass is 10.1. The van der Waals surface area contributed by atoms with E-state index in [2.05, 4.69) is 0 Å². The molecule has 0 aliphatic carbocycles. The van der Waals surface area contributed by atoms with E-state index in [1.807, 2.05) is 47.2 Å². The molecule has 4 rings (SSSR count). The third-order valence-corrected chi connectivity index (χ3v) is 5.15. The van der Waals surface area contributed by atoms with Crippen molar-refractivity contribution in [1.82, 2.24) is 4.57 Å². The van der Waals surface area contributed by atoms with Gasteiger partial charge in [0.25, 0.3) is 5.91 Å². The van der Waals surface area contributed by atoms with Crippen LogP contribution in [0.2, 0.25) is 5.02 Å². The van der Waals surface area contributed by atoms with Crippen LogP contribution >= 0.6 is 11.6 Å². The van der Waals surface area contributed by atoms with E-state index >= 15 is 0 Å². The van der Waals surface area contributed by atoms with Gasteiger partial charge in [0.1, 0.15) is 0 Å². The Hall–Kier alpha value is -2.79. The number of aliphatic carboxylic acids is 1. The molecule has 3 aromatic rings. The van der Waals surface area contributed by atoms with Crippen molar-refractivity contribution in [2.75, 3.05) is 4.90 Å². The minimum Gasteiger partial charge on any atom is -0.481 e. The molecule has 1 unspecified atom stereocenters. The molecule has 1 aliphatic heterocycles. The van der Waals surface area contributed by atoms with Gasteiger partial charge in [0.2, 0.25) is 0 Å². The Labute approximate surface area is 155 Å². The first-order valence-corrected chi connectivity index (χ1v) is 8.75. The van der Waals surface area contributed by atoms with E-state index in [1.54, 1.807) is 17.9 Å². The van der Waals surface area contributed by atoms with Crippen molar-refractivity contribution in [2.45, 2.75) is 20.0 Å². The van der Waals surface area contributed by atoms with Crippen molar-refractivity contribution in [3.63, 3.8) is 0 Å². The Morgan fingerprint density at radius 2 is 2.00 bits per heavy atom. The summed E-state index contributed by atoms with van der Waals surface area (Å²) in [6.45, 7) is 2.46. The number of halogens is 1. The number of carboxylic acid groups (broad SMARTS) is 1. The summed E-state index contributed by atoms with van der Waals surface area (Å²) in [7, 11) is 0. The molecule has 0 radical (unpaired) electrons. The van der Waals surface area contributed by atoms with E-state index in [-0.39, 0.29) is 5.91 Å². The molecule has 0 fully saturated rings. The number of carbonyl (C=O) groups excluding carboxylic acids is 1. The van der Waals surface area contributed by atoms with Crippen LogP contribution in [0.25, 0.3) is 10.9 Å². The van der Waals surface area contributed by atoms with Gasteiger partial charge in [-0.05, 0) is 23.8 Å². The molecule has 5 nitrogen and oxygen atoms in total. The van der Waals surface area contributed by atoms with Crippen molar-refractivity contribution in [2.24, 2.45) is 5.92 Å². The molecule has 2 heterocycles. The standard InChI is InChI=1S/C20H17ClN2O3/c1-12(20(25)26)10-22-9-8-13-4-3-7-16(18(13)22)23-11-14-5-2-6-15(21)17(14)19(23)24/h2-9,12H,10-11H2,1H3,(H,25,26). The molecule has 0 saturated carbocycles. The van der Waals surface area contributed by atoms with Crippen molar-refractivity contribution in [1.29, 1.82) is 0 Å². The summed E-state index contributed by atoms with van der Waals surface area (Å²) in [5.74, 6) is -1.50. The number of rotatable bonds is 4. The molecule has 26 heavy (non-hydrogen) atoms. The Balaban J connectivity index is 1.81. The fourth-order valence-electron chi connectivity index (χ4n) is 3.50. The number of fused-ring (bicyclic) bond motifs is 2. The molecule has 0 spiro atoms. The first-order chi connectivity index (χ1) is 12.5. The van der Waals surface area contributed by atoms with Gasteiger partial charge in [0, 0.05) is 18.1 Å². The highest BCUT2D eigenvalue weighted by atomic mass is 35.5. The van der Waals surface area contributed by atoms with E-state index in [4.69, 9.17) is 11.6 Å². The molecule has 2 aromatic carbocycles. The predicted molar refractivity (Wildman–Crippen MR) is 101 cm³/mol. The Kier molecular flexibility index (Phi) is 3.96. The maximum Gasteiger partial charge on any atom is 0.308 e. The molecular weight excluding hydrogens is 352 g/mol. The lowest BCUT2D eigenvalue weighted by molar-refractivity contribution is -0.141. The fourth-order valence-corrected chi connectivity index (χ4v) is 3.77. The van der Waals surface area contributed by atoms with Crippen molar-refractivity contribution in [3.05, 3.63) is 64.8 Å². The molecule has 1 aromatic heterocycles. The Morgan fingerprint density at radius 1 is 1.23 bits per heavy atom. The van der Waals surface area contributed by atoms with Crippen molar-refractivity contribution in [3.8, 4) is 0 Å². The summed E-state index contributed by atoms with van der Waals surface area (Å²) < 4.78 is 1.90. The lowest BCUT2D eigenvalue weighted by Crippen LogP contribution is -2.24. The number of nitrogens with zero attached hydrogens (tertiary/aromatic N) is 2. The van der Waals surface area contributed by atoms with Crippen LogP contribution in [0, 0.1) is 5.92 Å². The van der Waals surface area contributed by atoms with Gasteiger partial charge in [-0.3, -0.25) is 9.59 Å². The minimum atomic E-state index is -0.847. The largest absolute Gasteiger partial charge is 0.481 e. The first-order valence-electron chi connectivity index (χ1n) is 8.37. The molecule has 1 N–H and O–H groups in total. The average molecular weight is 369 g/mol. The Bertz CT molecular complexity index is 1040. The quantitative estimate of drug-likeness (QED) is 0.751. The third kappa shape index (κ3) is 2.56. The van der Waals surface area contributed by atoms with Gasteiger partial charge in [0.15, 0.2) is 0 Å². The molecule has 6 heteroatoms. The van der Waals surface area contributed by atoms with Crippen LogP contribution in [0.4, 0.5) is 5.69 Å². The number of carboxylic acids is 1. The van der Waals surface area contributed by atoms with E-state index in [1.165, 1.54) is 0 Å². The van der Waals surface area contributed by atoms with Gasteiger partial charge in [-0.2, -0.15) is 0 Å². The highest BCUT2D eigenvalue weighted by molar-refractivity contribution is 6.35. The summed E-state index contributed by atoms with van der Waals surface area (Å²) in [6.07, 6.45) is 1.87. The highest BCUT2D eigenvalue weighted by Crippen LogP contribution is 2.36. The number of benzene rings is 2. The topological polar surface area (TPSA) is 62.5 Å². The summed E-state index contributed by atoms with van der Waals surface area (Å²) in [5.41, 5.74) is 3.07. The smallest absolute Gasteiger partial charge is 0.308 e. The van der Waals surface area contributed by atoms with Gasteiger partial charge in [-0.15, -0.1) is 0 Å². The third-order valence-electron chi connectivity index (χ3n) is 4.84. The van der Waals surface area contributed by atoms with Gasteiger partial charge >= 0.3 is 5.97 Å². The van der Waals surface area contributed by atoms with Crippen LogP contribution in [-0.2, 0) is 17.9 Å². The van der Waals surface area contributed by atoms with Gasteiger partial charge in [-0.25, -0.2) is 0 Å². The minimum absolute atomic E-state index is 0.128. The van der Waals surface area contributed by atoms with E-state index in [0.29, 0.717) is 23.7 Å². The van der Waals surface area contributed by atoms with Gasteiger partial charge < -0.3 is 14.6 Å². The Morgan fingerprint density at radius 3 is 2.73 bits per heavy atom. The number of anilines is 1. The zero-order valence-corrected chi connectivity index (χ0v) is 14.9. The second-order valence-corrected chi connectivity index (χ2v) is 6.99. The SMILES string of the molecule is CC(Cn1ccc2cccc(N3Cc4cccc(Cl)c4C3=O)c21)C(=O)O. The molecular formula is C20H17ClN2O3. The van der Waals surface area contributed by atoms with Crippen LogP contribution < -0.4 is 4.90 Å². The predicted octanol–water partition coefficient (Wildman–Crippen LogP) is 4.18. The fraction of sp³-hybridized carbons (Fsp3) is 0.200. The summed E-state index contributed by atoms with van der Waals surface area (Å²) >= 11 is 6.23. The zero-order chi connectivity index (χ0) is 18.4. The molecule has 132 valence electrons. The van der Waals surface area contributed by atoms with Crippen LogP contribution in [0.15, 0.2) is 48.7 Å². The number of hydrogen-bond acceptors (Lipinski definition) is 2. The second-order valence-electron chi connectivity index (χ2n) is 6.59. The van der Waals surface area contributed by atoms with E-state index in [0.717, 1.165) is 22.2 Å². The lowest BCUT2D eigenvalue weighted by Gasteiger charge is -2.19. The van der Waals surface area contributed by atoms with E-state index in [9.17, 15) is 14.7 Å². The van der Waals surface area contributed by atoms with Gasteiger partial charge in [-0.1, -0.05) is 42.8 Å². The van der Waals surface area contributed by atoms with Gasteiger partial charge in [0.05, 0.1) is 34.3 Å². The molecule has 0 bridgehead atoms. The summed E-state index contributed by atoms with van der Waals surface area (Å²) in [5, 5.41) is 10.7. The normalized spacial score (nSPS) is 14.7. The molecule has 1 aliphatic rings. The monoisotopic (exact) mass is 368 g/mol. The zero-order valence-electron chi connectivity index (χ0n) is 14.1. The highest BCUT2D eigenvalue weighted by Gasteiger charge is 2.32. The number of para-hydroxylation sites is 1.